The van der Waals surface area contributed by atoms with Crippen molar-refractivity contribution in [3.8, 4) is 0 Å². The van der Waals surface area contributed by atoms with Gasteiger partial charge >= 0.3 is 0 Å². The summed E-state index contributed by atoms with van der Waals surface area (Å²) in [6.45, 7) is 7.28. The summed E-state index contributed by atoms with van der Waals surface area (Å²) in [7, 11) is 0. The maximum atomic E-state index is 12.0. The van der Waals surface area contributed by atoms with Crippen molar-refractivity contribution >= 4 is 21.8 Å². The molecule has 1 rings (SSSR count). The molecule has 0 N–H and O–H groups in total. The molecule has 0 aromatic heterocycles. The predicted octanol–water partition coefficient (Wildman–Crippen LogP) is 2.81. The molecule has 1 aliphatic carbocycles. The number of carbonyl (C=O) groups is 1. The third-order valence-corrected chi connectivity index (χ3v) is 3.50. The van der Waals surface area contributed by atoms with E-state index in [4.69, 9.17) is 0 Å². The molecule has 0 heterocycles. The maximum absolute atomic E-state index is 12.0. The van der Waals surface area contributed by atoms with E-state index in [9.17, 15) is 4.79 Å². The monoisotopic (exact) mass is 261 g/mol. The highest BCUT2D eigenvalue weighted by Gasteiger charge is 2.34. The van der Waals surface area contributed by atoms with Crippen LogP contribution in [0.15, 0.2) is 0 Å². The first-order valence-electron chi connectivity index (χ1n) is 5.50. The topological polar surface area (TPSA) is 20.3 Å². The van der Waals surface area contributed by atoms with Crippen LogP contribution in [0.2, 0.25) is 0 Å². The van der Waals surface area contributed by atoms with Crippen LogP contribution < -0.4 is 0 Å². The molecule has 0 saturated heterocycles. The third-order valence-electron chi connectivity index (χ3n) is 2.46. The van der Waals surface area contributed by atoms with Crippen LogP contribution in [-0.4, -0.2) is 28.2 Å². The van der Waals surface area contributed by atoms with E-state index in [2.05, 4.69) is 34.7 Å². The van der Waals surface area contributed by atoms with Crippen LogP contribution in [0, 0.1) is 5.92 Å². The van der Waals surface area contributed by atoms with Crippen molar-refractivity contribution in [2.24, 2.45) is 5.92 Å². The largest absolute Gasteiger partial charge is 0.338 e. The smallest absolute Gasteiger partial charge is 0.236 e. The standard InChI is InChI=1S/C11H20BrNO/c1-4-10(12)11(14)13(7-8(2)3)9-5-6-9/h8-10H,4-7H2,1-3H3. The number of hydrogen-bond acceptors (Lipinski definition) is 1. The molecule has 1 fully saturated rings. The average molecular weight is 262 g/mol. The number of hydrogen-bond donors (Lipinski definition) is 0. The molecule has 82 valence electrons. The Balaban J connectivity index is 2.53. The Bertz CT molecular complexity index is 201. The van der Waals surface area contributed by atoms with Crippen molar-refractivity contribution in [2.45, 2.75) is 50.9 Å². The molecule has 2 nitrogen and oxygen atoms in total. The molecule has 14 heavy (non-hydrogen) atoms. The highest BCUT2D eigenvalue weighted by Crippen LogP contribution is 2.29. The van der Waals surface area contributed by atoms with Gasteiger partial charge in [0, 0.05) is 12.6 Å². The summed E-state index contributed by atoms with van der Waals surface area (Å²) >= 11 is 3.44. The Morgan fingerprint density at radius 1 is 1.50 bits per heavy atom. The molecule has 0 spiro atoms. The first kappa shape index (κ1) is 12.0. The van der Waals surface area contributed by atoms with Crippen LogP contribution in [-0.2, 0) is 4.79 Å². The molecule has 0 aromatic carbocycles. The summed E-state index contributed by atoms with van der Waals surface area (Å²) in [6.07, 6.45) is 3.27. The van der Waals surface area contributed by atoms with Crippen LogP contribution in [0.1, 0.15) is 40.0 Å². The second-order valence-electron chi connectivity index (χ2n) is 4.49. The van der Waals surface area contributed by atoms with Crippen molar-refractivity contribution in [3.63, 3.8) is 0 Å². The Hall–Kier alpha value is -0.0500. The van der Waals surface area contributed by atoms with E-state index in [1.54, 1.807) is 0 Å². The van der Waals surface area contributed by atoms with Gasteiger partial charge in [0.2, 0.25) is 5.91 Å². The Labute approximate surface area is 95.2 Å². The summed E-state index contributed by atoms with van der Waals surface area (Å²) in [5, 5.41) is 0. The van der Waals surface area contributed by atoms with E-state index in [-0.39, 0.29) is 10.7 Å². The molecule has 0 aromatic rings. The molecule has 0 radical (unpaired) electrons. The Morgan fingerprint density at radius 3 is 2.43 bits per heavy atom. The number of carbonyl (C=O) groups excluding carboxylic acids is 1. The van der Waals surface area contributed by atoms with Crippen molar-refractivity contribution < 1.29 is 4.79 Å². The van der Waals surface area contributed by atoms with Crippen molar-refractivity contribution in [1.29, 1.82) is 0 Å². The third kappa shape index (κ3) is 3.26. The Morgan fingerprint density at radius 2 is 2.07 bits per heavy atom. The van der Waals surface area contributed by atoms with Gasteiger partial charge in [0.25, 0.3) is 0 Å². The van der Waals surface area contributed by atoms with E-state index in [0.29, 0.717) is 12.0 Å². The van der Waals surface area contributed by atoms with Gasteiger partial charge in [-0.25, -0.2) is 0 Å². The lowest BCUT2D eigenvalue weighted by atomic mass is 10.2. The number of alkyl halides is 1. The van der Waals surface area contributed by atoms with Crippen molar-refractivity contribution in [2.75, 3.05) is 6.54 Å². The second-order valence-corrected chi connectivity index (χ2v) is 5.60. The van der Waals surface area contributed by atoms with Gasteiger partial charge in [-0.2, -0.15) is 0 Å². The van der Waals surface area contributed by atoms with Crippen LogP contribution in [0.4, 0.5) is 0 Å². The molecular formula is C11H20BrNO. The zero-order chi connectivity index (χ0) is 10.7. The highest BCUT2D eigenvalue weighted by molar-refractivity contribution is 9.10. The van der Waals surface area contributed by atoms with Gasteiger partial charge in [-0.05, 0) is 25.2 Å². The fraction of sp³-hybridized carbons (Fsp3) is 0.909. The van der Waals surface area contributed by atoms with Gasteiger partial charge in [-0.1, -0.05) is 36.7 Å². The maximum Gasteiger partial charge on any atom is 0.236 e. The van der Waals surface area contributed by atoms with E-state index in [1.807, 2.05) is 6.92 Å². The molecule has 1 amide bonds. The summed E-state index contributed by atoms with van der Waals surface area (Å²) < 4.78 is 0. The van der Waals surface area contributed by atoms with Gasteiger partial charge in [0.1, 0.15) is 0 Å². The first-order chi connectivity index (χ1) is 6.56. The van der Waals surface area contributed by atoms with Gasteiger partial charge in [-0.15, -0.1) is 0 Å². The molecule has 0 aliphatic heterocycles. The van der Waals surface area contributed by atoms with Gasteiger partial charge in [-0.3, -0.25) is 4.79 Å². The minimum Gasteiger partial charge on any atom is -0.338 e. The number of nitrogens with zero attached hydrogens (tertiary/aromatic N) is 1. The van der Waals surface area contributed by atoms with Gasteiger partial charge in [0.15, 0.2) is 0 Å². The van der Waals surface area contributed by atoms with E-state index in [0.717, 1.165) is 13.0 Å². The quantitative estimate of drug-likeness (QED) is 0.698. The van der Waals surface area contributed by atoms with Gasteiger partial charge < -0.3 is 4.90 Å². The predicted molar refractivity (Wildman–Crippen MR) is 62.6 cm³/mol. The van der Waals surface area contributed by atoms with Crippen LogP contribution >= 0.6 is 15.9 Å². The van der Waals surface area contributed by atoms with E-state index >= 15 is 0 Å². The zero-order valence-electron chi connectivity index (χ0n) is 9.29. The molecule has 1 atom stereocenters. The Kier molecular flexibility index (Phi) is 4.42. The first-order valence-corrected chi connectivity index (χ1v) is 6.42. The highest BCUT2D eigenvalue weighted by atomic mass is 79.9. The van der Waals surface area contributed by atoms with E-state index < -0.39 is 0 Å². The lowest BCUT2D eigenvalue weighted by molar-refractivity contribution is -0.131. The molecule has 1 saturated carbocycles. The summed E-state index contributed by atoms with van der Waals surface area (Å²) in [6, 6.07) is 0.538. The van der Waals surface area contributed by atoms with Crippen LogP contribution in [0.3, 0.4) is 0 Å². The molecule has 0 bridgehead atoms. The van der Waals surface area contributed by atoms with E-state index in [1.165, 1.54) is 12.8 Å². The second kappa shape index (κ2) is 5.15. The molecule has 1 aliphatic rings. The normalized spacial score (nSPS) is 18.4. The number of amides is 1. The SMILES string of the molecule is CCC(Br)C(=O)N(CC(C)C)C1CC1. The average Bonchev–Trinajstić information content (AvgIpc) is 2.94. The molecule has 3 heteroatoms. The summed E-state index contributed by atoms with van der Waals surface area (Å²) in [4.78, 5) is 14.0. The fourth-order valence-corrected chi connectivity index (χ4v) is 1.82. The fourth-order valence-electron chi connectivity index (χ4n) is 1.55. The number of halogens is 1. The van der Waals surface area contributed by atoms with Crippen molar-refractivity contribution in [3.05, 3.63) is 0 Å². The summed E-state index contributed by atoms with van der Waals surface area (Å²) in [5.41, 5.74) is 0. The lowest BCUT2D eigenvalue weighted by Gasteiger charge is -2.26. The van der Waals surface area contributed by atoms with Gasteiger partial charge in [0.05, 0.1) is 4.83 Å². The van der Waals surface area contributed by atoms with Crippen molar-refractivity contribution in [1.82, 2.24) is 4.90 Å². The lowest BCUT2D eigenvalue weighted by Crippen LogP contribution is -2.40. The van der Waals surface area contributed by atoms with Crippen LogP contribution in [0.25, 0.3) is 0 Å². The minimum atomic E-state index is 0.0156. The summed E-state index contributed by atoms with van der Waals surface area (Å²) in [5.74, 6) is 0.847. The minimum absolute atomic E-state index is 0.0156. The number of rotatable bonds is 5. The molecule has 1 unspecified atom stereocenters. The molecular weight excluding hydrogens is 242 g/mol. The zero-order valence-corrected chi connectivity index (χ0v) is 10.9. The van der Waals surface area contributed by atoms with Crippen LogP contribution in [0.5, 0.6) is 0 Å².